The summed E-state index contributed by atoms with van der Waals surface area (Å²) >= 11 is 0. The van der Waals surface area contributed by atoms with Crippen LogP contribution in [0.1, 0.15) is 253 Å². The Kier molecular flexibility index (Phi) is 32.5. The van der Waals surface area contributed by atoms with E-state index >= 15 is 9.59 Å². The molecule has 0 heterocycles. The van der Waals surface area contributed by atoms with Crippen LogP contribution in [-0.4, -0.2) is 38.2 Å². The topological polar surface area (TPSA) is 95.1 Å². The van der Waals surface area contributed by atoms with E-state index in [0.29, 0.717) is 24.6 Å². The zero-order valence-electron chi connectivity index (χ0n) is 55.2. The molecule has 0 radical (unpaired) electrons. The second kappa shape index (κ2) is 41.8. The maximum absolute atomic E-state index is 15.2. The molecule has 8 heteroatoms. The number of anilines is 2. The summed E-state index contributed by atoms with van der Waals surface area (Å²) in [4.78, 5) is 30.3. The van der Waals surface area contributed by atoms with Crippen LogP contribution in [0.5, 0.6) is 23.0 Å². The number of amides is 2. The number of benzene rings is 6. The van der Waals surface area contributed by atoms with Gasteiger partial charge in [0.2, 0.25) is 11.8 Å². The van der Waals surface area contributed by atoms with Crippen LogP contribution in [0.3, 0.4) is 0 Å². The number of carbonyl (C=O) groups is 2. The highest BCUT2D eigenvalue weighted by Crippen LogP contribution is 2.58. The molecule has 0 saturated heterocycles. The zero-order valence-corrected chi connectivity index (χ0v) is 55.2. The van der Waals surface area contributed by atoms with Gasteiger partial charge < -0.3 is 29.6 Å². The van der Waals surface area contributed by atoms with E-state index in [1.807, 2.05) is 146 Å². The molecule has 1 saturated carbocycles. The highest BCUT2D eigenvalue weighted by Gasteiger charge is 2.58. The van der Waals surface area contributed by atoms with E-state index in [4.69, 9.17) is 18.9 Å². The Labute approximate surface area is 542 Å². The lowest BCUT2D eigenvalue weighted by Gasteiger charge is -2.50. The van der Waals surface area contributed by atoms with E-state index in [1.54, 1.807) is 0 Å². The Morgan fingerprint density at radius 1 is 0.289 bits per heavy atom. The molecular weight excluding hydrogens is 1110 g/mol. The van der Waals surface area contributed by atoms with Gasteiger partial charge in [0.1, 0.15) is 23.0 Å². The van der Waals surface area contributed by atoms with Gasteiger partial charge in [0, 0.05) is 45.5 Å². The van der Waals surface area contributed by atoms with Gasteiger partial charge in [0.15, 0.2) is 0 Å². The van der Waals surface area contributed by atoms with Crippen molar-refractivity contribution in [1.82, 2.24) is 0 Å². The summed E-state index contributed by atoms with van der Waals surface area (Å²) in [6.07, 6.45) is 34.6. The average Bonchev–Trinajstić information content (AvgIpc) is 0.760. The van der Waals surface area contributed by atoms with Crippen molar-refractivity contribution in [2.45, 2.75) is 219 Å². The van der Waals surface area contributed by atoms with Crippen LogP contribution in [0.15, 0.2) is 146 Å². The van der Waals surface area contributed by atoms with Gasteiger partial charge in [-0.25, -0.2) is 0 Å². The summed E-state index contributed by atoms with van der Waals surface area (Å²) in [5.41, 5.74) is 6.58. The van der Waals surface area contributed by atoms with Gasteiger partial charge in [-0.1, -0.05) is 230 Å². The minimum absolute atomic E-state index is 0.157. The summed E-state index contributed by atoms with van der Waals surface area (Å²) in [5.74, 6) is 14.0. The Hall–Kier alpha value is -7.42. The monoisotopic (exact) mass is 1210 g/mol. The predicted octanol–water partition coefficient (Wildman–Crippen LogP) is 21.4. The van der Waals surface area contributed by atoms with Crippen molar-refractivity contribution in [3.8, 4) is 46.7 Å². The number of hydrogen-bond acceptors (Lipinski definition) is 6. The van der Waals surface area contributed by atoms with Crippen molar-refractivity contribution in [3.63, 3.8) is 0 Å². The van der Waals surface area contributed by atoms with Crippen LogP contribution in [0, 0.1) is 35.5 Å². The minimum Gasteiger partial charge on any atom is -0.494 e. The van der Waals surface area contributed by atoms with Gasteiger partial charge in [0.25, 0.3) is 0 Å². The third kappa shape index (κ3) is 25.1. The molecule has 0 unspecified atom stereocenters. The molecule has 2 N–H and O–H groups in total. The first-order valence-corrected chi connectivity index (χ1v) is 35.1. The lowest BCUT2D eigenvalue weighted by Crippen LogP contribution is -2.53. The number of carbonyl (C=O) groups excluding carboxylic acids is 2. The molecule has 0 aromatic heterocycles. The van der Waals surface area contributed by atoms with Gasteiger partial charge in [-0.2, -0.15) is 0 Å². The van der Waals surface area contributed by atoms with Crippen molar-refractivity contribution >= 4 is 23.2 Å². The molecule has 0 aliphatic heterocycles. The van der Waals surface area contributed by atoms with Gasteiger partial charge in [0.05, 0.1) is 38.3 Å². The van der Waals surface area contributed by atoms with E-state index in [2.05, 4.69) is 62.0 Å². The highest BCUT2D eigenvalue weighted by atomic mass is 16.5. The second-order valence-corrected chi connectivity index (χ2v) is 24.8. The summed E-state index contributed by atoms with van der Waals surface area (Å²) in [6.45, 7) is 11.7. The lowest BCUT2D eigenvalue weighted by molar-refractivity contribution is -0.134. The van der Waals surface area contributed by atoms with Gasteiger partial charge in [-0.3, -0.25) is 9.59 Å². The maximum Gasteiger partial charge on any atom is 0.228 e. The Balaban J connectivity index is 1.07. The average molecular weight is 1220 g/mol. The first-order valence-electron chi connectivity index (χ1n) is 35.1. The molecule has 8 nitrogen and oxygen atoms in total. The van der Waals surface area contributed by atoms with Crippen LogP contribution in [0.4, 0.5) is 11.4 Å². The number of unbranched alkanes of at least 4 members (excludes halogenated alkanes) is 24. The molecule has 6 aromatic carbocycles. The molecule has 0 bridgehead atoms. The molecule has 6 aromatic rings. The number of hydrogen-bond donors (Lipinski definition) is 2. The van der Waals surface area contributed by atoms with Crippen LogP contribution in [0.2, 0.25) is 0 Å². The molecule has 1 aliphatic carbocycles. The Bertz CT molecular complexity index is 2840. The first-order chi connectivity index (χ1) is 44.3. The fourth-order valence-corrected chi connectivity index (χ4v) is 12.1. The summed E-state index contributed by atoms with van der Waals surface area (Å²) < 4.78 is 24.5. The highest BCUT2D eigenvalue weighted by molar-refractivity contribution is 6.01. The number of ether oxygens (including phenoxy) is 4. The lowest BCUT2D eigenvalue weighted by atomic mass is 9.52. The van der Waals surface area contributed by atoms with Crippen molar-refractivity contribution < 1.29 is 28.5 Å². The fourth-order valence-electron chi connectivity index (χ4n) is 12.1. The van der Waals surface area contributed by atoms with Crippen molar-refractivity contribution in [2.24, 2.45) is 11.8 Å². The fraction of sp³-hybridized carbons (Fsp3) is 0.488. The predicted molar refractivity (Wildman–Crippen MR) is 374 cm³/mol. The summed E-state index contributed by atoms with van der Waals surface area (Å²) in [6, 6.07) is 47.4. The van der Waals surface area contributed by atoms with Crippen molar-refractivity contribution in [1.29, 1.82) is 0 Å². The van der Waals surface area contributed by atoms with Crippen molar-refractivity contribution in [2.75, 3.05) is 37.1 Å². The molecule has 7 rings (SSSR count). The molecule has 1 fully saturated rings. The summed E-state index contributed by atoms with van der Waals surface area (Å²) in [5, 5.41) is 6.57. The van der Waals surface area contributed by atoms with E-state index in [1.165, 1.54) is 141 Å². The van der Waals surface area contributed by atoms with E-state index in [9.17, 15) is 0 Å². The largest absolute Gasteiger partial charge is 0.494 e. The Morgan fingerprint density at radius 3 is 0.756 bits per heavy atom. The van der Waals surface area contributed by atoms with E-state index < -0.39 is 23.7 Å². The molecule has 2 amide bonds. The second-order valence-electron chi connectivity index (χ2n) is 24.8. The maximum atomic E-state index is 15.2. The number of rotatable bonds is 42. The summed E-state index contributed by atoms with van der Waals surface area (Å²) in [7, 11) is 0. The molecule has 0 spiro atoms. The van der Waals surface area contributed by atoms with Gasteiger partial charge >= 0.3 is 0 Å². The first kappa shape index (κ1) is 70.0. The third-order valence-corrected chi connectivity index (χ3v) is 17.5. The van der Waals surface area contributed by atoms with Crippen LogP contribution in [-0.2, 0) is 9.59 Å². The standard InChI is InChI=1S/C82H106N2O6/c1-5-9-13-17-19-21-23-25-27-31-63-89-75-57-45-69(46-58-75)77-79(81(85)83-71-49-37-65(38-50-71)33-35-67-41-53-73(54-42-67)87-61-29-15-11-7-3)78(70-47-59-76(60-48-70)90-64-32-28-26-24-22-20-18-14-10-6-2)80(77)82(86)84-72-51-39-66(40-52-72)34-36-68-43-55-74(56-44-68)88-62-30-16-12-8-4/h37-60,77-80H,5-32,61-64H2,1-4H3,(H,83,85)(H,84,86). The molecule has 0 atom stereocenters. The molecular formula is C82H106N2O6. The smallest absolute Gasteiger partial charge is 0.228 e. The van der Waals surface area contributed by atoms with Gasteiger partial charge in [-0.05, 0) is 158 Å². The van der Waals surface area contributed by atoms with E-state index in [-0.39, 0.29) is 11.8 Å². The Morgan fingerprint density at radius 2 is 0.500 bits per heavy atom. The van der Waals surface area contributed by atoms with Crippen LogP contribution in [0.25, 0.3) is 0 Å². The zero-order chi connectivity index (χ0) is 63.1. The SMILES string of the molecule is CCCCCCCCCCCCOc1ccc(C2C(C(=O)Nc3ccc(C#Cc4ccc(OCCCCCC)cc4)cc3)C(c3ccc(OCCCCCCCCCCCC)cc3)C2C(=O)Nc2ccc(C#Cc3ccc(OCCCCCC)cc3)cc2)cc1. The van der Waals surface area contributed by atoms with Crippen molar-refractivity contribution in [3.05, 3.63) is 179 Å². The quantitative estimate of drug-likeness (QED) is 0.0293. The third-order valence-electron chi connectivity index (χ3n) is 17.5. The van der Waals surface area contributed by atoms with Crippen LogP contribution < -0.4 is 29.6 Å². The molecule has 480 valence electrons. The van der Waals surface area contributed by atoms with Gasteiger partial charge in [-0.15, -0.1) is 0 Å². The molecule has 90 heavy (non-hydrogen) atoms. The normalized spacial score (nSPS) is 14.9. The molecule has 1 aliphatic rings. The minimum atomic E-state index is -0.593. The van der Waals surface area contributed by atoms with Crippen LogP contribution >= 0.6 is 0 Å². The number of nitrogens with one attached hydrogen (secondary N) is 2. The van der Waals surface area contributed by atoms with E-state index in [0.717, 1.165) is 108 Å².